The van der Waals surface area contributed by atoms with Gasteiger partial charge in [-0.1, -0.05) is 36.4 Å². The van der Waals surface area contributed by atoms with Gasteiger partial charge in [0, 0.05) is 11.3 Å². The Morgan fingerprint density at radius 3 is 2.53 bits per heavy atom. The van der Waals surface area contributed by atoms with Gasteiger partial charge in [0.05, 0.1) is 0 Å². The highest BCUT2D eigenvalue weighted by Gasteiger charge is 2.10. The zero-order chi connectivity index (χ0) is 13.4. The molecule has 0 saturated carbocycles. The summed E-state index contributed by atoms with van der Waals surface area (Å²) in [5.74, 6) is -0.735. The van der Waals surface area contributed by atoms with Crippen LogP contribution in [0, 0.1) is 12.7 Å². The summed E-state index contributed by atoms with van der Waals surface area (Å²) in [5.41, 5.74) is 1.02. The summed E-state index contributed by atoms with van der Waals surface area (Å²) < 4.78 is 13.9. The second-order valence-corrected chi connectivity index (χ2v) is 4.57. The van der Waals surface area contributed by atoms with Crippen molar-refractivity contribution in [2.75, 3.05) is 0 Å². The Labute approximate surface area is 109 Å². The van der Waals surface area contributed by atoms with Crippen LogP contribution in [0.4, 0.5) is 4.39 Å². The molecule has 19 heavy (non-hydrogen) atoms. The molecule has 1 N–H and O–H groups in total. The fourth-order valence-corrected chi connectivity index (χ4v) is 2.24. The molecule has 3 aromatic rings. The molecule has 0 bridgehead atoms. The highest BCUT2D eigenvalue weighted by atomic mass is 19.1. The molecule has 0 aliphatic carbocycles. The molecule has 2 nitrogen and oxygen atoms in total. The van der Waals surface area contributed by atoms with E-state index in [1.165, 1.54) is 0 Å². The molecule has 0 saturated heterocycles. The van der Waals surface area contributed by atoms with E-state index in [0.29, 0.717) is 16.8 Å². The number of rotatable bonds is 1. The number of benzene rings is 2. The predicted molar refractivity (Wildman–Crippen MR) is 74.7 cm³/mol. The van der Waals surface area contributed by atoms with Gasteiger partial charge in [0.2, 0.25) is 0 Å². The Bertz CT molecular complexity index is 820. The highest BCUT2D eigenvalue weighted by Crippen LogP contribution is 2.25. The molecule has 0 atom stereocenters. The molecule has 2 aromatic carbocycles. The van der Waals surface area contributed by atoms with Crippen LogP contribution in [-0.4, -0.2) is 4.98 Å². The van der Waals surface area contributed by atoms with Crippen molar-refractivity contribution in [3.8, 4) is 11.1 Å². The van der Waals surface area contributed by atoms with E-state index in [9.17, 15) is 9.18 Å². The molecular formula is C16H12FNO. The van der Waals surface area contributed by atoms with Crippen molar-refractivity contribution in [1.29, 1.82) is 0 Å². The third-order valence-corrected chi connectivity index (χ3v) is 3.17. The standard InChI is InChI=1S/C16H12FNO/c1-10-8-14(15(17)16(19)18-10)13-7-6-11-4-2-3-5-12(11)9-13/h2-9H,1H3,(H,18,19). The van der Waals surface area contributed by atoms with E-state index in [0.717, 1.165) is 10.8 Å². The third kappa shape index (κ3) is 2.03. The van der Waals surface area contributed by atoms with E-state index in [2.05, 4.69) is 4.98 Å². The van der Waals surface area contributed by atoms with E-state index in [1.807, 2.05) is 42.5 Å². The first-order valence-electron chi connectivity index (χ1n) is 6.04. The number of nitrogens with one attached hydrogen (secondary N) is 1. The predicted octanol–water partition coefficient (Wildman–Crippen LogP) is 3.64. The van der Waals surface area contributed by atoms with Gasteiger partial charge in [-0.2, -0.15) is 0 Å². The van der Waals surface area contributed by atoms with Crippen LogP contribution in [0.15, 0.2) is 53.3 Å². The van der Waals surface area contributed by atoms with Gasteiger partial charge in [-0.05, 0) is 35.4 Å². The lowest BCUT2D eigenvalue weighted by Gasteiger charge is -2.06. The van der Waals surface area contributed by atoms with Crippen LogP contribution < -0.4 is 5.56 Å². The van der Waals surface area contributed by atoms with Crippen LogP contribution in [0.2, 0.25) is 0 Å². The topological polar surface area (TPSA) is 32.9 Å². The van der Waals surface area contributed by atoms with Gasteiger partial charge >= 0.3 is 0 Å². The molecule has 3 heteroatoms. The van der Waals surface area contributed by atoms with Gasteiger partial charge in [-0.15, -0.1) is 0 Å². The van der Waals surface area contributed by atoms with Gasteiger partial charge in [-0.3, -0.25) is 4.79 Å². The van der Waals surface area contributed by atoms with E-state index in [1.54, 1.807) is 13.0 Å². The second-order valence-electron chi connectivity index (χ2n) is 4.57. The maximum absolute atomic E-state index is 13.9. The molecule has 0 radical (unpaired) electrons. The molecule has 0 spiro atoms. The van der Waals surface area contributed by atoms with Crippen LogP contribution in [-0.2, 0) is 0 Å². The molecule has 1 heterocycles. The van der Waals surface area contributed by atoms with Crippen molar-refractivity contribution in [2.24, 2.45) is 0 Å². The SMILES string of the molecule is Cc1cc(-c2ccc3ccccc3c2)c(F)c(=O)[nH]1. The van der Waals surface area contributed by atoms with Crippen molar-refractivity contribution in [2.45, 2.75) is 6.92 Å². The molecule has 0 aliphatic heterocycles. The average Bonchev–Trinajstić information content (AvgIpc) is 2.42. The number of aryl methyl sites for hydroxylation is 1. The molecule has 3 rings (SSSR count). The fraction of sp³-hybridized carbons (Fsp3) is 0.0625. The normalized spacial score (nSPS) is 10.8. The maximum atomic E-state index is 13.9. The summed E-state index contributed by atoms with van der Waals surface area (Å²) in [7, 11) is 0. The first-order chi connectivity index (χ1) is 9.15. The minimum absolute atomic E-state index is 0.340. The van der Waals surface area contributed by atoms with Crippen LogP contribution >= 0.6 is 0 Å². The lowest BCUT2D eigenvalue weighted by Crippen LogP contribution is -2.13. The molecule has 1 aromatic heterocycles. The largest absolute Gasteiger partial charge is 0.324 e. The van der Waals surface area contributed by atoms with Gasteiger partial charge in [0.1, 0.15) is 0 Å². The van der Waals surface area contributed by atoms with Gasteiger partial charge in [0.15, 0.2) is 5.82 Å². The fourth-order valence-electron chi connectivity index (χ4n) is 2.24. The maximum Gasteiger partial charge on any atom is 0.284 e. The number of H-pyrrole nitrogens is 1. The smallest absolute Gasteiger partial charge is 0.284 e. The minimum Gasteiger partial charge on any atom is -0.324 e. The first kappa shape index (κ1) is 11.7. The number of pyridine rings is 1. The van der Waals surface area contributed by atoms with Gasteiger partial charge < -0.3 is 4.98 Å². The quantitative estimate of drug-likeness (QED) is 0.705. The summed E-state index contributed by atoms with van der Waals surface area (Å²) in [6.07, 6.45) is 0. The zero-order valence-corrected chi connectivity index (χ0v) is 10.4. The van der Waals surface area contributed by atoms with Crippen molar-refractivity contribution in [3.63, 3.8) is 0 Å². The van der Waals surface area contributed by atoms with Crippen LogP contribution in [0.5, 0.6) is 0 Å². The van der Waals surface area contributed by atoms with E-state index >= 15 is 0 Å². The van der Waals surface area contributed by atoms with Crippen molar-refractivity contribution >= 4 is 10.8 Å². The molecule has 0 unspecified atom stereocenters. The zero-order valence-electron chi connectivity index (χ0n) is 10.4. The van der Waals surface area contributed by atoms with Crippen LogP contribution in [0.3, 0.4) is 0 Å². The van der Waals surface area contributed by atoms with E-state index in [-0.39, 0.29) is 0 Å². The number of fused-ring (bicyclic) bond motifs is 1. The molecule has 94 valence electrons. The number of hydrogen-bond donors (Lipinski definition) is 1. The average molecular weight is 253 g/mol. The number of hydrogen-bond acceptors (Lipinski definition) is 1. The number of aromatic nitrogens is 1. The van der Waals surface area contributed by atoms with Crippen LogP contribution in [0.1, 0.15) is 5.69 Å². The van der Waals surface area contributed by atoms with Crippen molar-refractivity contribution < 1.29 is 4.39 Å². The van der Waals surface area contributed by atoms with E-state index in [4.69, 9.17) is 0 Å². The molecule has 0 aliphatic rings. The van der Waals surface area contributed by atoms with Crippen LogP contribution in [0.25, 0.3) is 21.9 Å². The molecule has 0 amide bonds. The lowest BCUT2D eigenvalue weighted by atomic mass is 10.0. The Morgan fingerprint density at radius 2 is 1.74 bits per heavy atom. The summed E-state index contributed by atoms with van der Waals surface area (Å²) in [5, 5.41) is 2.12. The Kier molecular flexibility index (Phi) is 2.67. The Hall–Kier alpha value is -2.42. The summed E-state index contributed by atoms with van der Waals surface area (Å²) in [6.45, 7) is 1.74. The van der Waals surface area contributed by atoms with Gasteiger partial charge in [0.25, 0.3) is 5.56 Å². The number of aromatic amines is 1. The first-order valence-corrected chi connectivity index (χ1v) is 6.04. The molecule has 0 fully saturated rings. The van der Waals surface area contributed by atoms with Crippen molar-refractivity contribution in [3.05, 3.63) is 70.4 Å². The third-order valence-electron chi connectivity index (χ3n) is 3.17. The second kappa shape index (κ2) is 4.35. The summed E-state index contributed by atoms with van der Waals surface area (Å²) >= 11 is 0. The lowest BCUT2D eigenvalue weighted by molar-refractivity contribution is 0.611. The van der Waals surface area contributed by atoms with E-state index < -0.39 is 11.4 Å². The van der Waals surface area contributed by atoms with Gasteiger partial charge in [-0.25, -0.2) is 4.39 Å². The minimum atomic E-state index is -0.735. The monoisotopic (exact) mass is 253 g/mol. The summed E-state index contributed by atoms with van der Waals surface area (Å²) in [6, 6.07) is 15.2. The van der Waals surface area contributed by atoms with Crippen molar-refractivity contribution in [1.82, 2.24) is 4.98 Å². The highest BCUT2D eigenvalue weighted by molar-refractivity contribution is 5.87. The Balaban J connectivity index is 2.27. The number of halogens is 1. The summed E-state index contributed by atoms with van der Waals surface area (Å²) in [4.78, 5) is 13.9. The Morgan fingerprint density at radius 1 is 1.00 bits per heavy atom. The molecular weight excluding hydrogens is 241 g/mol.